The largest absolute Gasteiger partial charge is 0.503 e. The van der Waals surface area contributed by atoms with Crippen LogP contribution in [-0.2, 0) is 0 Å². The fourth-order valence-electron chi connectivity index (χ4n) is 11.0. The van der Waals surface area contributed by atoms with Gasteiger partial charge in [0.15, 0.2) is 0 Å². The second kappa shape index (κ2) is 24.9. The zero-order chi connectivity index (χ0) is 37.7. The summed E-state index contributed by atoms with van der Waals surface area (Å²) in [7, 11) is 0. The zero-order valence-electron chi connectivity index (χ0n) is 34.4. The lowest BCUT2D eigenvalue weighted by atomic mass is 9.47. The van der Waals surface area contributed by atoms with Gasteiger partial charge in [-0.1, -0.05) is 142 Å². The van der Waals surface area contributed by atoms with Crippen molar-refractivity contribution in [1.29, 1.82) is 0 Å². The van der Waals surface area contributed by atoms with Crippen LogP contribution in [-0.4, -0.2) is 39.3 Å². The third kappa shape index (κ3) is 15.5. The van der Waals surface area contributed by atoms with Crippen molar-refractivity contribution in [2.45, 2.75) is 208 Å². The van der Waals surface area contributed by atoms with E-state index in [0.717, 1.165) is 54.8 Å². The van der Waals surface area contributed by atoms with Crippen LogP contribution in [0, 0.1) is 46.3 Å². The fraction of sp³-hybridized carbons (Fsp3) is 0.891. The molecule has 0 bridgehead atoms. The minimum atomic E-state index is -1.83. The first kappa shape index (κ1) is 45.8. The zero-order valence-corrected chi connectivity index (χ0v) is 34.4. The maximum Gasteiger partial charge on any atom is 0.503 e. The van der Waals surface area contributed by atoms with E-state index in [1.165, 1.54) is 141 Å². The summed E-state index contributed by atoms with van der Waals surface area (Å²) in [6.45, 7) is 15.2. The van der Waals surface area contributed by atoms with Crippen molar-refractivity contribution in [2.24, 2.45) is 46.3 Å². The van der Waals surface area contributed by atoms with E-state index < -0.39 is 6.16 Å². The number of hydrogen-bond donors (Lipinski definition) is 4. The van der Waals surface area contributed by atoms with Crippen LogP contribution in [0.1, 0.15) is 202 Å². The molecule has 3 saturated carbocycles. The van der Waals surface area contributed by atoms with Gasteiger partial charge in [-0.15, -0.1) is 0 Å². The van der Waals surface area contributed by atoms with Crippen LogP contribution in [0.3, 0.4) is 0 Å². The highest BCUT2D eigenvalue weighted by molar-refractivity contribution is 5.53. The van der Waals surface area contributed by atoms with Crippen molar-refractivity contribution in [2.75, 3.05) is 6.61 Å². The van der Waals surface area contributed by atoms with Gasteiger partial charge in [0.05, 0.1) is 6.10 Å². The van der Waals surface area contributed by atoms with E-state index in [1.807, 2.05) is 0 Å². The Kier molecular flexibility index (Phi) is 22.4. The highest BCUT2D eigenvalue weighted by Crippen LogP contribution is 2.67. The van der Waals surface area contributed by atoms with E-state index in [0.29, 0.717) is 17.4 Å². The summed E-state index contributed by atoms with van der Waals surface area (Å²) >= 11 is 0. The van der Waals surface area contributed by atoms with Gasteiger partial charge >= 0.3 is 6.16 Å². The molecule has 0 aliphatic heterocycles. The number of unbranched alkanes of at least 4 members (excludes halogenated alkanes) is 12. The van der Waals surface area contributed by atoms with Gasteiger partial charge in [0.25, 0.3) is 0 Å². The molecule has 5 heteroatoms. The fourth-order valence-corrected chi connectivity index (χ4v) is 11.0. The van der Waals surface area contributed by atoms with Crippen LogP contribution in [0.4, 0.5) is 4.79 Å². The summed E-state index contributed by atoms with van der Waals surface area (Å²) in [4.78, 5) is 8.56. The Morgan fingerprint density at radius 1 is 0.784 bits per heavy atom. The van der Waals surface area contributed by atoms with Gasteiger partial charge in [-0.05, 0) is 130 Å². The summed E-state index contributed by atoms with van der Waals surface area (Å²) in [5.74, 6) is 5.46. The number of allylic oxidation sites excluding steroid dienone is 3. The molecule has 0 saturated heterocycles. The molecule has 0 radical (unpaired) electrons. The summed E-state index contributed by atoms with van der Waals surface area (Å²) in [6, 6.07) is 0. The first-order chi connectivity index (χ1) is 24.4. The Morgan fingerprint density at radius 2 is 1.37 bits per heavy atom. The average Bonchev–Trinajstić information content (AvgIpc) is 3.44. The average molecular weight is 717 g/mol. The molecule has 4 rings (SSSR count). The van der Waals surface area contributed by atoms with E-state index >= 15 is 0 Å². The van der Waals surface area contributed by atoms with Crippen LogP contribution in [0.5, 0.6) is 0 Å². The van der Waals surface area contributed by atoms with Crippen molar-refractivity contribution in [3.8, 4) is 0 Å². The topological polar surface area (TPSA) is 98.0 Å². The van der Waals surface area contributed by atoms with Crippen molar-refractivity contribution in [3.63, 3.8) is 0 Å². The van der Waals surface area contributed by atoms with Gasteiger partial charge in [0.2, 0.25) is 0 Å². The van der Waals surface area contributed by atoms with Crippen molar-refractivity contribution < 1.29 is 25.2 Å². The van der Waals surface area contributed by atoms with Gasteiger partial charge in [0.1, 0.15) is 0 Å². The van der Waals surface area contributed by atoms with E-state index in [2.05, 4.69) is 59.8 Å². The molecular formula is C46H84O5. The monoisotopic (exact) mass is 717 g/mol. The number of carboxylic acid groups (broad SMARTS) is 2. The Balaban J connectivity index is 0.000000342. The maximum atomic E-state index is 10.2. The molecule has 0 heterocycles. The SMILES string of the molecule is CC(C)CCCC(C)[C@H]1CC[C@H]2[C@@H]3CC=C4C[C@@H](O)CC[C@]4(C)[C@H]3CC[C@]12C.CCCCCCCC/C=C\CCCCCCCCO.O=C(O)O. The number of hydrogen-bond acceptors (Lipinski definition) is 3. The highest BCUT2D eigenvalue weighted by atomic mass is 16.6. The van der Waals surface area contributed by atoms with Crippen LogP contribution >= 0.6 is 0 Å². The summed E-state index contributed by atoms with van der Waals surface area (Å²) in [6.07, 6.45) is 38.5. The number of aliphatic hydroxyl groups is 2. The van der Waals surface area contributed by atoms with Crippen molar-refractivity contribution in [1.82, 2.24) is 0 Å². The van der Waals surface area contributed by atoms with Gasteiger partial charge in [-0.2, -0.15) is 0 Å². The first-order valence-electron chi connectivity index (χ1n) is 22.0. The molecule has 0 spiro atoms. The molecule has 0 amide bonds. The van der Waals surface area contributed by atoms with Crippen molar-refractivity contribution >= 4 is 6.16 Å². The summed E-state index contributed by atoms with van der Waals surface area (Å²) in [5.41, 5.74) is 2.60. The quantitative estimate of drug-likeness (QED) is 0.0743. The van der Waals surface area contributed by atoms with Gasteiger partial charge in [-0.3, -0.25) is 0 Å². The standard InChI is InChI=1S/C27H46O.C18H36O.CH2O3/c1-18(2)7-6-8-19(3)23-11-12-24-22-10-9-20-17-21(28)13-15-26(20,4)25(22)14-16-27(23,24)5;1-2-3-4-5-6-7-8-9-10-11-12-13-14-15-16-17-18-19;2-1(3)4/h9,18-19,21-25,28H,6-8,10-17H2,1-5H3;9-10,19H,2-8,11-18H2,1H3;(H2,2,3,4)/b;10-9-;/t19?,21-,22-,23+,24-,25-,26-,27+;;/m0../s1. The minimum absolute atomic E-state index is 0.0766. The van der Waals surface area contributed by atoms with Gasteiger partial charge < -0.3 is 20.4 Å². The normalized spacial score (nSPS) is 30.3. The highest BCUT2D eigenvalue weighted by Gasteiger charge is 2.59. The van der Waals surface area contributed by atoms with E-state index in [4.69, 9.17) is 20.1 Å². The second-order valence-corrected chi connectivity index (χ2v) is 18.1. The molecular weight excluding hydrogens is 633 g/mol. The van der Waals surface area contributed by atoms with Gasteiger partial charge in [0, 0.05) is 6.61 Å². The minimum Gasteiger partial charge on any atom is -0.450 e. The smallest absolute Gasteiger partial charge is 0.450 e. The molecule has 8 atom stereocenters. The summed E-state index contributed by atoms with van der Waals surface area (Å²) in [5, 5.41) is 32.8. The molecule has 4 aliphatic rings. The Morgan fingerprint density at radius 3 is 1.96 bits per heavy atom. The Hall–Kier alpha value is -1.33. The Labute approximate surface area is 315 Å². The maximum absolute atomic E-state index is 10.2. The lowest BCUT2D eigenvalue weighted by molar-refractivity contribution is -0.0573. The molecule has 4 aliphatic carbocycles. The molecule has 4 N–H and O–H groups in total. The summed E-state index contributed by atoms with van der Waals surface area (Å²) < 4.78 is 0. The van der Waals surface area contributed by atoms with E-state index in [9.17, 15) is 5.11 Å². The molecule has 5 nitrogen and oxygen atoms in total. The molecule has 0 aromatic carbocycles. The third-order valence-corrected chi connectivity index (χ3v) is 13.9. The molecule has 0 aromatic rings. The van der Waals surface area contributed by atoms with Crippen LogP contribution in [0.25, 0.3) is 0 Å². The Bertz CT molecular complexity index is 984. The number of fused-ring (bicyclic) bond motifs is 5. The molecule has 51 heavy (non-hydrogen) atoms. The van der Waals surface area contributed by atoms with Gasteiger partial charge in [-0.25, -0.2) is 4.79 Å². The van der Waals surface area contributed by atoms with Crippen LogP contribution in [0.15, 0.2) is 23.8 Å². The van der Waals surface area contributed by atoms with Crippen LogP contribution in [0.2, 0.25) is 0 Å². The van der Waals surface area contributed by atoms with E-state index in [1.54, 1.807) is 5.57 Å². The second-order valence-electron chi connectivity index (χ2n) is 18.1. The number of carbonyl (C=O) groups is 1. The van der Waals surface area contributed by atoms with Crippen molar-refractivity contribution in [3.05, 3.63) is 23.8 Å². The molecule has 298 valence electrons. The number of aliphatic hydroxyl groups excluding tert-OH is 2. The predicted octanol–water partition coefficient (Wildman–Crippen LogP) is 13.6. The third-order valence-electron chi connectivity index (χ3n) is 13.9. The molecule has 1 unspecified atom stereocenters. The predicted molar refractivity (Wildman–Crippen MR) is 216 cm³/mol. The molecule has 0 aromatic heterocycles. The molecule has 3 fully saturated rings. The van der Waals surface area contributed by atoms with Crippen LogP contribution < -0.4 is 0 Å². The number of rotatable bonds is 20. The first-order valence-corrected chi connectivity index (χ1v) is 22.0. The van der Waals surface area contributed by atoms with E-state index in [-0.39, 0.29) is 6.10 Å². The lowest BCUT2D eigenvalue weighted by Crippen LogP contribution is -2.50. The lowest BCUT2D eigenvalue weighted by Gasteiger charge is -2.58.